The fourth-order valence-corrected chi connectivity index (χ4v) is 2.13. The molecule has 0 spiro atoms. The van der Waals surface area contributed by atoms with Crippen LogP contribution in [-0.4, -0.2) is 45.2 Å². The van der Waals surface area contributed by atoms with Crippen LogP contribution < -0.4 is 0 Å². The molecule has 0 aliphatic rings. The maximum Gasteiger partial charge on any atom is 0.343 e. The van der Waals surface area contributed by atoms with Gasteiger partial charge in [0.2, 0.25) is 0 Å². The van der Waals surface area contributed by atoms with E-state index in [0.29, 0.717) is 25.1 Å². The van der Waals surface area contributed by atoms with Gasteiger partial charge in [0.05, 0.1) is 4.92 Å². The average molecular weight is 296 g/mol. The number of nitrogens with zero attached hydrogens (tertiary/aromatic N) is 2. The highest BCUT2D eigenvalue weighted by atomic mass is 16.6. The van der Waals surface area contributed by atoms with Crippen molar-refractivity contribution in [1.29, 1.82) is 0 Å². The van der Waals surface area contributed by atoms with Crippen LogP contribution in [0.3, 0.4) is 0 Å². The van der Waals surface area contributed by atoms with Gasteiger partial charge in [-0.05, 0) is 25.8 Å². The average Bonchev–Trinajstić information content (AvgIpc) is 2.42. The van der Waals surface area contributed by atoms with Gasteiger partial charge in [-0.2, -0.15) is 0 Å². The number of rotatable bonds is 8. The van der Waals surface area contributed by atoms with Gasteiger partial charge in [-0.1, -0.05) is 12.1 Å². The minimum Gasteiger partial charge on any atom is -0.477 e. The lowest BCUT2D eigenvalue weighted by atomic mass is 10.0. The lowest BCUT2D eigenvalue weighted by molar-refractivity contribution is -0.385. The van der Waals surface area contributed by atoms with E-state index in [4.69, 9.17) is 5.11 Å². The van der Waals surface area contributed by atoms with E-state index in [1.165, 1.54) is 12.1 Å². The summed E-state index contributed by atoms with van der Waals surface area (Å²) in [5.74, 6) is -1.30. The van der Waals surface area contributed by atoms with Crippen molar-refractivity contribution < 1.29 is 19.9 Å². The second-order valence-electron chi connectivity index (χ2n) is 5.01. The molecule has 0 radical (unpaired) electrons. The zero-order valence-corrected chi connectivity index (χ0v) is 12.2. The maximum atomic E-state index is 11.3. The lowest BCUT2D eigenvalue weighted by Crippen LogP contribution is -2.32. The molecule has 0 aromatic heterocycles. The first-order valence-corrected chi connectivity index (χ1v) is 6.73. The largest absolute Gasteiger partial charge is 0.477 e. The van der Waals surface area contributed by atoms with Crippen molar-refractivity contribution in [2.75, 3.05) is 13.2 Å². The van der Waals surface area contributed by atoms with Gasteiger partial charge in [0, 0.05) is 31.8 Å². The summed E-state index contributed by atoms with van der Waals surface area (Å²) in [7, 11) is 0. The summed E-state index contributed by atoms with van der Waals surface area (Å²) >= 11 is 0. The van der Waals surface area contributed by atoms with Gasteiger partial charge >= 0.3 is 5.97 Å². The number of aliphatic hydroxyl groups excluding tert-OH is 1. The molecule has 2 N–H and O–H groups in total. The first kappa shape index (κ1) is 17.1. The number of hydrogen-bond donors (Lipinski definition) is 2. The topological polar surface area (TPSA) is 104 Å². The van der Waals surface area contributed by atoms with Crippen molar-refractivity contribution in [1.82, 2.24) is 4.90 Å². The zero-order chi connectivity index (χ0) is 16.0. The highest BCUT2D eigenvalue weighted by Crippen LogP contribution is 2.24. The molecule has 7 heteroatoms. The summed E-state index contributed by atoms with van der Waals surface area (Å²) in [6.45, 7) is 4.84. The maximum absolute atomic E-state index is 11.3. The van der Waals surface area contributed by atoms with Gasteiger partial charge in [-0.25, -0.2) is 4.79 Å². The smallest absolute Gasteiger partial charge is 0.343 e. The van der Waals surface area contributed by atoms with Crippen molar-refractivity contribution in [3.8, 4) is 0 Å². The highest BCUT2D eigenvalue weighted by molar-refractivity contribution is 5.94. The Bertz CT molecular complexity index is 516. The van der Waals surface area contributed by atoms with Crippen LogP contribution >= 0.6 is 0 Å². The summed E-state index contributed by atoms with van der Waals surface area (Å²) in [6.07, 6.45) is 0.565. The number of aromatic carboxylic acids is 1. The highest BCUT2D eigenvalue weighted by Gasteiger charge is 2.24. The summed E-state index contributed by atoms with van der Waals surface area (Å²) in [5, 5.41) is 29.1. The van der Waals surface area contributed by atoms with E-state index >= 15 is 0 Å². The van der Waals surface area contributed by atoms with Gasteiger partial charge < -0.3 is 10.2 Å². The van der Waals surface area contributed by atoms with E-state index < -0.39 is 16.6 Å². The van der Waals surface area contributed by atoms with Gasteiger partial charge in [0.15, 0.2) is 0 Å². The number of carboxylic acids is 1. The van der Waals surface area contributed by atoms with Crippen molar-refractivity contribution in [3.63, 3.8) is 0 Å². The Labute approximate surface area is 123 Å². The first-order valence-electron chi connectivity index (χ1n) is 6.73. The number of hydrogen-bond acceptors (Lipinski definition) is 5. The molecule has 0 unspecified atom stereocenters. The van der Waals surface area contributed by atoms with Crippen LogP contribution in [0.4, 0.5) is 5.69 Å². The predicted molar refractivity (Wildman–Crippen MR) is 77.3 cm³/mol. The van der Waals surface area contributed by atoms with E-state index in [-0.39, 0.29) is 18.2 Å². The molecule has 0 heterocycles. The number of nitro benzene ring substituents is 1. The molecule has 0 atom stereocenters. The predicted octanol–water partition coefficient (Wildman–Crippen LogP) is 1.89. The number of aliphatic hydroxyl groups is 1. The summed E-state index contributed by atoms with van der Waals surface area (Å²) in [4.78, 5) is 23.6. The molecular formula is C14H20N2O5. The molecule has 0 saturated carbocycles. The van der Waals surface area contributed by atoms with E-state index in [0.717, 1.165) is 0 Å². The Morgan fingerprint density at radius 2 is 2.10 bits per heavy atom. The van der Waals surface area contributed by atoms with Crippen LogP contribution in [0.15, 0.2) is 18.2 Å². The van der Waals surface area contributed by atoms with Crippen LogP contribution in [0.1, 0.15) is 36.2 Å². The van der Waals surface area contributed by atoms with Crippen LogP contribution in [0.2, 0.25) is 0 Å². The molecular weight excluding hydrogens is 276 g/mol. The van der Waals surface area contributed by atoms with Gasteiger partial charge in [0.25, 0.3) is 5.69 Å². The Morgan fingerprint density at radius 1 is 1.43 bits per heavy atom. The molecule has 0 amide bonds. The van der Waals surface area contributed by atoms with Crippen LogP contribution in [0, 0.1) is 10.1 Å². The SMILES string of the molecule is CC(C)N(CCCO)Cc1cccc([N+](=O)[O-])c1C(=O)O. The molecule has 0 aliphatic heterocycles. The third kappa shape index (κ3) is 4.51. The molecule has 0 aliphatic carbocycles. The van der Waals surface area contributed by atoms with E-state index in [9.17, 15) is 20.0 Å². The standard InChI is InChI=1S/C14H20N2O5/c1-10(2)15(7-4-8-17)9-11-5-3-6-12(16(20)21)13(11)14(18)19/h3,5-6,10,17H,4,7-9H2,1-2H3,(H,18,19). The Morgan fingerprint density at radius 3 is 2.57 bits per heavy atom. The Hall–Kier alpha value is -1.99. The molecule has 0 fully saturated rings. The second kappa shape index (κ2) is 7.70. The van der Waals surface area contributed by atoms with Crippen molar-refractivity contribution >= 4 is 11.7 Å². The minimum absolute atomic E-state index is 0.0456. The fourth-order valence-electron chi connectivity index (χ4n) is 2.13. The monoisotopic (exact) mass is 296 g/mol. The molecule has 1 aromatic rings. The van der Waals surface area contributed by atoms with Crippen LogP contribution in [0.25, 0.3) is 0 Å². The number of carbonyl (C=O) groups is 1. The van der Waals surface area contributed by atoms with Gasteiger partial charge in [-0.15, -0.1) is 0 Å². The van der Waals surface area contributed by atoms with Crippen LogP contribution in [0.5, 0.6) is 0 Å². The molecule has 7 nitrogen and oxygen atoms in total. The molecule has 21 heavy (non-hydrogen) atoms. The van der Waals surface area contributed by atoms with Crippen LogP contribution in [-0.2, 0) is 6.54 Å². The third-order valence-corrected chi connectivity index (χ3v) is 3.25. The van der Waals surface area contributed by atoms with E-state index in [1.54, 1.807) is 6.07 Å². The van der Waals surface area contributed by atoms with E-state index in [2.05, 4.69) is 0 Å². The second-order valence-corrected chi connectivity index (χ2v) is 5.01. The van der Waals surface area contributed by atoms with Gasteiger partial charge in [0.1, 0.15) is 5.56 Å². The Balaban J connectivity index is 3.14. The summed E-state index contributed by atoms with van der Waals surface area (Å²) < 4.78 is 0. The molecule has 116 valence electrons. The quantitative estimate of drug-likeness (QED) is 0.560. The minimum atomic E-state index is -1.30. The summed E-state index contributed by atoms with van der Waals surface area (Å²) in [5.41, 5.74) is -0.258. The fraction of sp³-hybridized carbons (Fsp3) is 0.500. The van der Waals surface area contributed by atoms with Crippen molar-refractivity contribution in [3.05, 3.63) is 39.4 Å². The van der Waals surface area contributed by atoms with Gasteiger partial charge in [-0.3, -0.25) is 15.0 Å². The van der Waals surface area contributed by atoms with Crippen molar-refractivity contribution in [2.24, 2.45) is 0 Å². The molecule has 0 bridgehead atoms. The number of nitro groups is 1. The number of benzene rings is 1. The molecule has 0 saturated heterocycles. The lowest BCUT2D eigenvalue weighted by Gasteiger charge is -2.26. The van der Waals surface area contributed by atoms with Crippen molar-refractivity contribution in [2.45, 2.75) is 32.9 Å². The first-order chi connectivity index (χ1) is 9.88. The molecule has 1 rings (SSSR count). The Kier molecular flexibility index (Phi) is 6.26. The third-order valence-electron chi connectivity index (χ3n) is 3.25. The normalized spacial score (nSPS) is 11.1. The van der Waals surface area contributed by atoms with E-state index in [1.807, 2.05) is 18.7 Å². The summed E-state index contributed by atoms with van der Waals surface area (Å²) in [6, 6.07) is 4.41. The molecule has 1 aromatic carbocycles. The number of carboxylic acid groups (broad SMARTS) is 1. The zero-order valence-electron chi connectivity index (χ0n) is 12.2.